The van der Waals surface area contributed by atoms with E-state index in [9.17, 15) is 19.8 Å². The number of phenols is 1. The van der Waals surface area contributed by atoms with Crippen LogP contribution in [0.4, 0.5) is 4.79 Å². The Morgan fingerprint density at radius 3 is 2.29 bits per heavy atom. The van der Waals surface area contributed by atoms with Crippen molar-refractivity contribution < 1.29 is 24.5 Å². The Kier molecular flexibility index (Phi) is 5.78. The molecule has 0 bridgehead atoms. The highest BCUT2D eigenvalue weighted by Gasteiger charge is 2.28. The summed E-state index contributed by atoms with van der Waals surface area (Å²) in [6.45, 7) is 1.75. The van der Waals surface area contributed by atoms with Crippen LogP contribution in [-0.2, 0) is 16.1 Å². The molecule has 6 nitrogen and oxygen atoms in total. The molecule has 0 heterocycles. The van der Waals surface area contributed by atoms with Gasteiger partial charge in [0.05, 0.1) is 0 Å². The van der Waals surface area contributed by atoms with Gasteiger partial charge in [0.15, 0.2) is 0 Å². The molecule has 1 unspecified atom stereocenters. The maximum absolute atomic E-state index is 11.9. The van der Waals surface area contributed by atoms with Crippen LogP contribution in [0, 0.1) is 0 Å². The van der Waals surface area contributed by atoms with Gasteiger partial charge in [-0.3, -0.25) is 0 Å². The lowest BCUT2D eigenvalue weighted by Gasteiger charge is -2.21. The molecule has 126 valence electrons. The molecule has 6 heteroatoms. The molecule has 0 saturated heterocycles. The van der Waals surface area contributed by atoms with E-state index in [0.717, 1.165) is 5.56 Å². The van der Waals surface area contributed by atoms with Crippen molar-refractivity contribution >= 4 is 12.1 Å². The smallest absolute Gasteiger partial charge is 0.408 e. The third-order valence-corrected chi connectivity index (χ3v) is 3.67. The Morgan fingerprint density at radius 2 is 1.71 bits per heavy atom. The number of carbonyl (C=O) groups is 2. The van der Waals surface area contributed by atoms with E-state index in [1.54, 1.807) is 31.2 Å². The summed E-state index contributed by atoms with van der Waals surface area (Å²) in [5.74, 6) is -1.56. The number of aromatic hydroxyl groups is 1. The van der Waals surface area contributed by atoms with Crippen molar-refractivity contribution in [2.45, 2.75) is 25.5 Å². The van der Waals surface area contributed by atoms with E-state index in [0.29, 0.717) is 5.56 Å². The number of amides is 1. The van der Waals surface area contributed by atoms with Crippen LogP contribution in [0.5, 0.6) is 5.75 Å². The zero-order valence-electron chi connectivity index (χ0n) is 13.2. The van der Waals surface area contributed by atoms with Crippen LogP contribution < -0.4 is 5.32 Å². The first-order valence-electron chi connectivity index (χ1n) is 7.46. The molecule has 0 aliphatic carbocycles. The number of carbonyl (C=O) groups excluding carboxylic acids is 1. The third-order valence-electron chi connectivity index (χ3n) is 3.67. The van der Waals surface area contributed by atoms with Crippen molar-refractivity contribution in [2.75, 3.05) is 0 Å². The Bertz CT molecular complexity index is 684. The van der Waals surface area contributed by atoms with Crippen molar-refractivity contribution in [1.82, 2.24) is 5.32 Å². The van der Waals surface area contributed by atoms with Gasteiger partial charge in [-0.05, 0) is 23.3 Å². The van der Waals surface area contributed by atoms with E-state index in [1.165, 1.54) is 12.1 Å². The van der Waals surface area contributed by atoms with Crippen molar-refractivity contribution in [3.63, 3.8) is 0 Å². The first-order chi connectivity index (χ1) is 11.5. The van der Waals surface area contributed by atoms with Crippen LogP contribution in [0.3, 0.4) is 0 Å². The lowest BCUT2D eigenvalue weighted by Crippen LogP contribution is -2.44. The highest BCUT2D eigenvalue weighted by Crippen LogP contribution is 2.22. The highest BCUT2D eigenvalue weighted by atomic mass is 16.5. The number of alkyl carbamates (subject to hydrolysis) is 1. The molecule has 0 radical (unpaired) electrons. The predicted molar refractivity (Wildman–Crippen MR) is 87.7 cm³/mol. The van der Waals surface area contributed by atoms with Gasteiger partial charge in [-0.2, -0.15) is 0 Å². The Balaban J connectivity index is 1.98. The summed E-state index contributed by atoms with van der Waals surface area (Å²) in [7, 11) is 0. The quantitative estimate of drug-likeness (QED) is 0.757. The standard InChI is InChI=1S/C18H19NO5/c1-12(14-7-9-15(20)10-8-14)16(17(21)22)19-18(23)24-11-13-5-3-2-4-6-13/h2-10,12,16,20H,11H2,1H3,(H,19,23)(H,21,22)/t12?,16-/m0/s1. The maximum Gasteiger partial charge on any atom is 0.408 e. The Labute approximate surface area is 139 Å². The lowest BCUT2D eigenvalue weighted by molar-refractivity contribution is -0.139. The molecule has 0 saturated carbocycles. The zero-order valence-corrected chi connectivity index (χ0v) is 13.2. The third kappa shape index (κ3) is 4.74. The number of hydrogen-bond acceptors (Lipinski definition) is 4. The molecule has 24 heavy (non-hydrogen) atoms. The maximum atomic E-state index is 11.9. The van der Waals surface area contributed by atoms with Crippen LogP contribution in [0.1, 0.15) is 24.0 Å². The topological polar surface area (TPSA) is 95.9 Å². The van der Waals surface area contributed by atoms with Crippen molar-refractivity contribution in [2.24, 2.45) is 0 Å². The van der Waals surface area contributed by atoms with Gasteiger partial charge in [-0.25, -0.2) is 9.59 Å². The normalized spacial score (nSPS) is 12.9. The van der Waals surface area contributed by atoms with Crippen LogP contribution in [0.2, 0.25) is 0 Å². The second kappa shape index (κ2) is 8.01. The fourth-order valence-electron chi connectivity index (χ4n) is 2.26. The molecule has 1 amide bonds. The Hall–Kier alpha value is -3.02. The van der Waals surface area contributed by atoms with E-state index in [4.69, 9.17) is 4.74 Å². The lowest BCUT2D eigenvalue weighted by atomic mass is 9.93. The van der Waals surface area contributed by atoms with Crippen LogP contribution in [0.15, 0.2) is 54.6 Å². The van der Waals surface area contributed by atoms with Crippen LogP contribution in [0.25, 0.3) is 0 Å². The number of carboxylic acids is 1. The minimum absolute atomic E-state index is 0.0621. The first kappa shape index (κ1) is 17.3. The number of aliphatic carboxylic acids is 1. The summed E-state index contributed by atoms with van der Waals surface area (Å²) in [5, 5.41) is 21.1. The largest absolute Gasteiger partial charge is 0.508 e. The average molecular weight is 329 g/mol. The molecule has 0 aliphatic rings. The minimum Gasteiger partial charge on any atom is -0.508 e. The SMILES string of the molecule is CC(c1ccc(O)cc1)[C@H](NC(=O)OCc1ccccc1)C(=O)O. The number of benzene rings is 2. The van der Waals surface area contributed by atoms with E-state index >= 15 is 0 Å². The molecule has 3 N–H and O–H groups in total. The molecular weight excluding hydrogens is 310 g/mol. The Morgan fingerprint density at radius 1 is 1.08 bits per heavy atom. The fourth-order valence-corrected chi connectivity index (χ4v) is 2.26. The molecule has 0 fully saturated rings. The molecular formula is C18H19NO5. The first-order valence-corrected chi connectivity index (χ1v) is 7.46. The zero-order chi connectivity index (χ0) is 17.5. The number of phenolic OH excluding ortho intramolecular Hbond substituents is 1. The summed E-state index contributed by atoms with van der Waals surface area (Å²) in [6, 6.07) is 14.1. The number of rotatable bonds is 6. The molecule has 2 aromatic carbocycles. The molecule has 2 rings (SSSR count). The number of hydrogen-bond donors (Lipinski definition) is 3. The average Bonchev–Trinajstić information content (AvgIpc) is 2.58. The van der Waals surface area contributed by atoms with Crippen molar-refractivity contribution in [3.8, 4) is 5.75 Å². The van der Waals surface area contributed by atoms with Gasteiger partial charge >= 0.3 is 12.1 Å². The number of nitrogens with one attached hydrogen (secondary N) is 1. The number of carboxylic acid groups (broad SMARTS) is 1. The number of ether oxygens (including phenoxy) is 1. The van der Waals surface area contributed by atoms with Gasteiger partial charge in [-0.1, -0.05) is 49.4 Å². The van der Waals surface area contributed by atoms with E-state index in [-0.39, 0.29) is 12.4 Å². The highest BCUT2D eigenvalue weighted by molar-refractivity contribution is 5.81. The fraction of sp³-hybridized carbons (Fsp3) is 0.222. The predicted octanol–water partition coefficient (Wildman–Crippen LogP) is 2.88. The van der Waals surface area contributed by atoms with Crippen LogP contribution in [-0.4, -0.2) is 28.3 Å². The second-order valence-corrected chi connectivity index (χ2v) is 5.40. The second-order valence-electron chi connectivity index (χ2n) is 5.40. The molecule has 0 aromatic heterocycles. The summed E-state index contributed by atoms with van der Waals surface area (Å²) in [6.07, 6.45) is -0.795. The molecule has 2 atom stereocenters. The van der Waals surface area contributed by atoms with Gasteiger partial charge in [-0.15, -0.1) is 0 Å². The van der Waals surface area contributed by atoms with Gasteiger partial charge in [0.25, 0.3) is 0 Å². The molecule has 0 aliphatic heterocycles. The van der Waals surface area contributed by atoms with Gasteiger partial charge in [0.1, 0.15) is 18.4 Å². The van der Waals surface area contributed by atoms with Crippen molar-refractivity contribution in [1.29, 1.82) is 0 Å². The van der Waals surface area contributed by atoms with Gasteiger partial charge < -0.3 is 20.3 Å². The van der Waals surface area contributed by atoms with E-state index in [1.807, 2.05) is 18.2 Å². The summed E-state index contributed by atoms with van der Waals surface area (Å²) >= 11 is 0. The van der Waals surface area contributed by atoms with Crippen LogP contribution >= 0.6 is 0 Å². The van der Waals surface area contributed by atoms with E-state index < -0.39 is 24.0 Å². The monoisotopic (exact) mass is 329 g/mol. The van der Waals surface area contributed by atoms with Gasteiger partial charge in [0, 0.05) is 5.92 Å². The summed E-state index contributed by atoms with van der Waals surface area (Å²) < 4.78 is 5.06. The summed E-state index contributed by atoms with van der Waals surface area (Å²) in [4.78, 5) is 23.4. The van der Waals surface area contributed by atoms with Gasteiger partial charge in [0.2, 0.25) is 0 Å². The van der Waals surface area contributed by atoms with E-state index in [2.05, 4.69) is 5.32 Å². The minimum atomic E-state index is -1.16. The summed E-state index contributed by atoms with van der Waals surface area (Å²) in [5.41, 5.74) is 1.50. The van der Waals surface area contributed by atoms with Crippen molar-refractivity contribution in [3.05, 3.63) is 65.7 Å². The molecule has 0 spiro atoms. The molecule has 2 aromatic rings.